The molecule has 4 aromatic rings. The number of amides is 6. The molecule has 4 aliphatic heterocycles. The van der Waals surface area contributed by atoms with Gasteiger partial charge in [0.05, 0.1) is 54.1 Å². The van der Waals surface area contributed by atoms with Crippen LogP contribution in [0.5, 0.6) is 0 Å². The maximum Gasteiger partial charge on any atom is 0.410 e. The van der Waals surface area contributed by atoms with Crippen molar-refractivity contribution >= 4 is 81.8 Å². The van der Waals surface area contributed by atoms with Gasteiger partial charge < -0.3 is 61.8 Å². The van der Waals surface area contributed by atoms with E-state index in [1.54, 1.807) is 106 Å². The molecule has 4 aliphatic rings. The van der Waals surface area contributed by atoms with Crippen LogP contribution in [0.25, 0.3) is 0 Å². The standard InChI is InChI=1S/C15H22N4O3.C14H20N4O3.C11H16N4O.C10H14N4O/c1-15(2,3)22-14(21)18-7-6-13(20)19(9-8-18)11-4-5-12(16)17-10-11;1-14(2,3)21-13(20)17-6-7-18(12(19)9-17)10-4-5-11(15)16-8-10;1-14-5-4-11(16)15(7-6-14)9-2-3-10(12)13-8-9;1-13-4-5-14(10(15)7-13)8-2-3-9(11)12-6-8/h4-5,10H,6-9H2,1-3H3,(H2,16,17);4-5,8H,6-7,9H2,1-3H3,(H2,15,16);2-3,8H,4-7H2,1H3,(H2,12,13);2-3,6H,4-5,7H2,1H3,(H2,11,12). The summed E-state index contributed by atoms with van der Waals surface area (Å²) in [5.74, 6) is 1.80. The highest BCUT2D eigenvalue weighted by molar-refractivity contribution is 5.98. The first kappa shape index (κ1) is 57.0. The summed E-state index contributed by atoms with van der Waals surface area (Å²) in [7, 11) is 3.97. The molecule has 0 aliphatic carbocycles. The van der Waals surface area contributed by atoms with Crippen molar-refractivity contribution in [2.75, 3.05) is 135 Å². The Kier molecular flexibility index (Phi) is 19.8. The van der Waals surface area contributed by atoms with Crippen LogP contribution < -0.4 is 42.5 Å². The first-order valence-corrected chi connectivity index (χ1v) is 24.3. The van der Waals surface area contributed by atoms with E-state index in [2.05, 4.69) is 24.8 Å². The van der Waals surface area contributed by atoms with E-state index < -0.39 is 23.4 Å². The topological polar surface area (TPSA) is 302 Å². The minimum Gasteiger partial charge on any atom is -0.444 e. The van der Waals surface area contributed by atoms with Crippen molar-refractivity contribution in [1.29, 1.82) is 0 Å². The molecule has 0 atom stereocenters. The average Bonchev–Trinajstić information content (AvgIpc) is 3.64. The summed E-state index contributed by atoms with van der Waals surface area (Å²) >= 11 is 0. The van der Waals surface area contributed by atoms with Crippen molar-refractivity contribution in [3.8, 4) is 0 Å². The Morgan fingerprint density at radius 3 is 1.09 bits per heavy atom. The number of hydrogen-bond acceptors (Lipinski definition) is 18. The summed E-state index contributed by atoms with van der Waals surface area (Å²) in [5, 5.41) is 0. The van der Waals surface area contributed by atoms with Gasteiger partial charge in [-0.3, -0.25) is 29.0 Å². The molecular weight excluding hydrogens is 953 g/mol. The van der Waals surface area contributed by atoms with E-state index in [9.17, 15) is 28.8 Å². The molecule has 4 saturated heterocycles. The molecule has 0 unspecified atom stereocenters. The second-order valence-electron chi connectivity index (χ2n) is 19.9. The van der Waals surface area contributed by atoms with Gasteiger partial charge in [0.25, 0.3) is 0 Å². The maximum atomic E-state index is 12.2. The molecule has 0 saturated carbocycles. The highest BCUT2D eigenvalue weighted by atomic mass is 16.6. The van der Waals surface area contributed by atoms with E-state index in [-0.39, 0.29) is 36.6 Å². The van der Waals surface area contributed by atoms with Crippen molar-refractivity contribution in [1.82, 2.24) is 39.5 Å². The first-order valence-electron chi connectivity index (χ1n) is 24.3. The minimum atomic E-state index is -0.571. The third-order valence-electron chi connectivity index (χ3n) is 11.5. The molecule has 6 amide bonds. The molecule has 8 rings (SSSR count). The van der Waals surface area contributed by atoms with Crippen LogP contribution in [0.15, 0.2) is 73.3 Å². The Morgan fingerprint density at radius 1 is 0.419 bits per heavy atom. The molecule has 8 N–H and O–H groups in total. The number of nitrogens with two attached hydrogens (primary N) is 4. The van der Waals surface area contributed by atoms with Crippen molar-refractivity contribution < 1.29 is 38.2 Å². The molecule has 74 heavy (non-hydrogen) atoms. The fourth-order valence-electron chi connectivity index (χ4n) is 7.53. The van der Waals surface area contributed by atoms with Gasteiger partial charge in [-0.05, 0) is 104 Å². The van der Waals surface area contributed by atoms with Crippen LogP contribution in [-0.4, -0.2) is 179 Å². The maximum absolute atomic E-state index is 12.2. The average molecular weight is 1030 g/mol. The molecule has 8 heterocycles. The van der Waals surface area contributed by atoms with Crippen molar-refractivity contribution in [2.45, 2.75) is 65.6 Å². The van der Waals surface area contributed by atoms with Crippen LogP contribution in [-0.2, 0) is 28.7 Å². The van der Waals surface area contributed by atoms with Crippen LogP contribution in [0.1, 0.15) is 54.4 Å². The zero-order valence-corrected chi connectivity index (χ0v) is 43.8. The van der Waals surface area contributed by atoms with E-state index in [0.29, 0.717) is 93.4 Å². The molecule has 4 aromatic heterocycles. The molecule has 24 nitrogen and oxygen atoms in total. The van der Waals surface area contributed by atoms with Gasteiger partial charge >= 0.3 is 12.2 Å². The predicted octanol–water partition coefficient (Wildman–Crippen LogP) is 3.16. The number of pyridine rings is 4. The molecule has 24 heteroatoms. The van der Waals surface area contributed by atoms with Crippen LogP contribution in [0.3, 0.4) is 0 Å². The number of carbonyl (C=O) groups is 6. The fraction of sp³-hybridized carbons (Fsp3) is 0.480. The highest BCUT2D eigenvalue weighted by Gasteiger charge is 2.32. The van der Waals surface area contributed by atoms with Gasteiger partial charge in [-0.2, -0.15) is 0 Å². The van der Waals surface area contributed by atoms with Crippen molar-refractivity contribution in [3.63, 3.8) is 0 Å². The third kappa shape index (κ3) is 17.7. The van der Waals surface area contributed by atoms with Crippen LogP contribution in [0, 0.1) is 0 Å². The summed E-state index contributed by atoms with van der Waals surface area (Å²) in [5.41, 5.74) is 24.0. The summed E-state index contributed by atoms with van der Waals surface area (Å²) in [6, 6.07) is 13.9. The minimum absolute atomic E-state index is 0.000705. The zero-order chi connectivity index (χ0) is 54.3. The van der Waals surface area contributed by atoms with Crippen molar-refractivity contribution in [2.24, 2.45) is 0 Å². The Morgan fingerprint density at radius 2 is 0.743 bits per heavy atom. The normalized spacial score (nSPS) is 17.1. The van der Waals surface area contributed by atoms with E-state index in [4.69, 9.17) is 32.4 Å². The van der Waals surface area contributed by atoms with Crippen LogP contribution >= 0.6 is 0 Å². The van der Waals surface area contributed by atoms with E-state index in [0.717, 1.165) is 31.0 Å². The Hall–Kier alpha value is -7.86. The lowest BCUT2D eigenvalue weighted by molar-refractivity contribution is -0.121. The number of piperazine rings is 2. The number of likely N-dealkylation sites (N-methyl/N-ethyl adjacent to an activating group) is 2. The van der Waals surface area contributed by atoms with Gasteiger partial charge in [-0.25, -0.2) is 29.5 Å². The van der Waals surface area contributed by atoms with Gasteiger partial charge in [0.1, 0.15) is 41.0 Å². The third-order valence-corrected chi connectivity index (χ3v) is 11.5. The molecular formula is C50H72N16O8. The number of hydrogen-bond donors (Lipinski definition) is 4. The molecule has 0 radical (unpaired) electrons. The lowest BCUT2D eigenvalue weighted by Gasteiger charge is -2.35. The van der Waals surface area contributed by atoms with Gasteiger partial charge in [0, 0.05) is 78.3 Å². The Bertz CT molecular complexity index is 2520. The number of nitrogen functional groups attached to an aromatic ring is 4. The first-order chi connectivity index (χ1) is 34.8. The molecule has 400 valence electrons. The second kappa shape index (κ2) is 25.7. The van der Waals surface area contributed by atoms with Gasteiger partial charge in [0.15, 0.2) is 0 Å². The lowest BCUT2D eigenvalue weighted by Crippen LogP contribution is -2.53. The van der Waals surface area contributed by atoms with E-state index >= 15 is 0 Å². The van der Waals surface area contributed by atoms with Gasteiger partial charge in [-0.1, -0.05) is 0 Å². The number of carbonyl (C=O) groups excluding carboxylic acids is 6. The smallest absolute Gasteiger partial charge is 0.410 e. The molecule has 4 fully saturated rings. The summed E-state index contributed by atoms with van der Waals surface area (Å²) in [6.45, 7) is 17.3. The lowest BCUT2D eigenvalue weighted by atomic mass is 10.2. The second-order valence-corrected chi connectivity index (χ2v) is 19.9. The largest absolute Gasteiger partial charge is 0.444 e. The molecule has 0 aromatic carbocycles. The number of aromatic nitrogens is 4. The predicted molar refractivity (Wildman–Crippen MR) is 284 cm³/mol. The summed E-state index contributed by atoms with van der Waals surface area (Å²) in [6.07, 6.45) is 6.36. The molecule has 0 spiro atoms. The number of anilines is 8. The number of nitrogens with zero attached hydrogens (tertiary/aromatic N) is 12. The monoisotopic (exact) mass is 1020 g/mol. The Labute approximate surface area is 432 Å². The van der Waals surface area contributed by atoms with Crippen LogP contribution in [0.2, 0.25) is 0 Å². The number of ether oxygens (including phenoxy) is 2. The zero-order valence-electron chi connectivity index (χ0n) is 43.8. The summed E-state index contributed by atoms with van der Waals surface area (Å²) in [4.78, 5) is 102. The summed E-state index contributed by atoms with van der Waals surface area (Å²) < 4.78 is 10.6. The number of rotatable bonds is 4. The quantitative estimate of drug-likeness (QED) is 0.228. The van der Waals surface area contributed by atoms with Gasteiger partial charge in [0.2, 0.25) is 23.6 Å². The Balaban J connectivity index is 0.000000185. The fourth-order valence-corrected chi connectivity index (χ4v) is 7.53. The molecule has 0 bridgehead atoms. The SMILES string of the molecule is CC(C)(C)OC(=O)N1CCC(=O)N(c2ccc(N)nc2)CC1.CC(C)(C)OC(=O)N1CCN(c2ccc(N)nc2)C(=O)C1.CN1CCC(=O)N(c2ccc(N)nc2)CC1.CN1CCN(c2ccc(N)nc2)C(=O)C1. The highest BCUT2D eigenvalue weighted by Crippen LogP contribution is 2.22. The van der Waals surface area contributed by atoms with Gasteiger partial charge in [-0.15, -0.1) is 0 Å². The van der Waals surface area contributed by atoms with E-state index in [1.165, 1.54) is 4.90 Å². The van der Waals surface area contributed by atoms with E-state index in [1.807, 2.05) is 51.9 Å². The van der Waals surface area contributed by atoms with Crippen molar-refractivity contribution in [3.05, 3.63) is 73.3 Å². The van der Waals surface area contributed by atoms with Crippen LogP contribution in [0.4, 0.5) is 55.6 Å².